The van der Waals surface area contributed by atoms with Gasteiger partial charge < -0.3 is 5.11 Å². The molecule has 3 aromatic rings. The Hall–Kier alpha value is -2.52. The number of halogens is 1. The molecule has 104 valence electrons. The molecule has 1 heterocycles. The quantitative estimate of drug-likeness (QED) is 0.787. The van der Waals surface area contributed by atoms with Gasteiger partial charge in [0.05, 0.1) is 5.69 Å². The minimum atomic E-state index is -0.816. The number of aliphatic hydroxyl groups is 1. The predicted octanol–water partition coefficient (Wildman–Crippen LogP) is 3.97. The van der Waals surface area contributed by atoms with Crippen LogP contribution in [0.1, 0.15) is 17.2 Å². The zero-order valence-electron chi connectivity index (χ0n) is 11.3. The maximum Gasteiger partial charge on any atom is 0.123 e. The average Bonchev–Trinajstić information content (AvgIpc) is 2.56. The number of benzene rings is 2. The first kappa shape index (κ1) is 13.5. The van der Waals surface area contributed by atoms with Crippen molar-refractivity contribution in [1.29, 1.82) is 0 Å². The monoisotopic (exact) mass is 279 g/mol. The number of hydrogen-bond donors (Lipinski definition) is 1. The Bertz CT molecular complexity index is 726. The van der Waals surface area contributed by atoms with Crippen LogP contribution in [0.4, 0.5) is 4.39 Å². The molecular weight excluding hydrogens is 265 g/mol. The van der Waals surface area contributed by atoms with Crippen LogP contribution in [0.2, 0.25) is 0 Å². The van der Waals surface area contributed by atoms with E-state index in [4.69, 9.17) is 0 Å². The summed E-state index contributed by atoms with van der Waals surface area (Å²) in [6.45, 7) is 0. The summed E-state index contributed by atoms with van der Waals surface area (Å²) in [5.74, 6) is -0.316. The third kappa shape index (κ3) is 2.83. The van der Waals surface area contributed by atoms with Gasteiger partial charge in [-0.3, -0.25) is 4.98 Å². The van der Waals surface area contributed by atoms with Gasteiger partial charge in [0.2, 0.25) is 0 Å². The molecule has 1 atom stereocenters. The van der Waals surface area contributed by atoms with E-state index in [1.807, 2.05) is 42.5 Å². The predicted molar refractivity (Wildman–Crippen MR) is 80.1 cm³/mol. The second kappa shape index (κ2) is 5.85. The SMILES string of the molecule is OC(c1ccc(F)cc1)c1ccccc1-c1ccccn1. The number of nitrogens with zero attached hydrogens (tertiary/aromatic N) is 1. The van der Waals surface area contributed by atoms with Gasteiger partial charge in [-0.1, -0.05) is 42.5 Å². The molecular formula is C18H14FNO. The largest absolute Gasteiger partial charge is 0.384 e. The fourth-order valence-corrected chi connectivity index (χ4v) is 2.32. The fraction of sp³-hybridized carbons (Fsp3) is 0.0556. The maximum absolute atomic E-state index is 13.0. The van der Waals surface area contributed by atoms with Gasteiger partial charge in [0.15, 0.2) is 0 Å². The third-order valence-corrected chi connectivity index (χ3v) is 3.38. The van der Waals surface area contributed by atoms with Crippen molar-refractivity contribution in [2.45, 2.75) is 6.10 Å². The highest BCUT2D eigenvalue weighted by atomic mass is 19.1. The van der Waals surface area contributed by atoms with Crippen LogP contribution in [-0.2, 0) is 0 Å². The van der Waals surface area contributed by atoms with Crippen LogP contribution in [0.3, 0.4) is 0 Å². The molecule has 1 unspecified atom stereocenters. The van der Waals surface area contributed by atoms with Crippen LogP contribution >= 0.6 is 0 Å². The van der Waals surface area contributed by atoms with Crippen molar-refractivity contribution in [3.63, 3.8) is 0 Å². The second-order valence-electron chi connectivity index (χ2n) is 4.76. The van der Waals surface area contributed by atoms with Crippen molar-refractivity contribution in [3.8, 4) is 11.3 Å². The van der Waals surface area contributed by atoms with Crippen molar-refractivity contribution < 1.29 is 9.50 Å². The molecule has 1 aromatic heterocycles. The number of pyridine rings is 1. The summed E-state index contributed by atoms with van der Waals surface area (Å²) in [6.07, 6.45) is 0.903. The van der Waals surface area contributed by atoms with E-state index < -0.39 is 6.10 Å². The standard InChI is InChI=1S/C18H14FNO/c19-14-10-8-13(9-11-14)18(21)16-6-2-1-5-15(16)17-7-3-4-12-20-17/h1-12,18,21H. The van der Waals surface area contributed by atoms with Gasteiger partial charge in [-0.05, 0) is 35.4 Å². The number of aliphatic hydroxyl groups excluding tert-OH is 1. The van der Waals surface area contributed by atoms with E-state index in [-0.39, 0.29) is 5.82 Å². The minimum Gasteiger partial charge on any atom is -0.384 e. The summed E-state index contributed by atoms with van der Waals surface area (Å²) in [7, 11) is 0. The van der Waals surface area contributed by atoms with Crippen molar-refractivity contribution in [2.24, 2.45) is 0 Å². The lowest BCUT2D eigenvalue weighted by molar-refractivity contribution is 0.220. The smallest absolute Gasteiger partial charge is 0.123 e. The summed E-state index contributed by atoms with van der Waals surface area (Å²) in [6, 6.07) is 19.1. The molecule has 0 saturated carbocycles. The van der Waals surface area contributed by atoms with E-state index in [1.165, 1.54) is 12.1 Å². The first-order chi connectivity index (χ1) is 10.3. The molecule has 21 heavy (non-hydrogen) atoms. The van der Waals surface area contributed by atoms with Crippen molar-refractivity contribution in [3.05, 3.63) is 89.9 Å². The molecule has 3 rings (SSSR count). The maximum atomic E-state index is 13.0. The van der Waals surface area contributed by atoms with Gasteiger partial charge in [0.1, 0.15) is 11.9 Å². The summed E-state index contributed by atoms with van der Waals surface area (Å²) >= 11 is 0. The zero-order valence-corrected chi connectivity index (χ0v) is 11.3. The van der Waals surface area contributed by atoms with E-state index in [9.17, 15) is 9.50 Å². The lowest BCUT2D eigenvalue weighted by Gasteiger charge is -2.15. The molecule has 0 saturated heterocycles. The lowest BCUT2D eigenvalue weighted by Crippen LogP contribution is -2.02. The molecule has 0 bridgehead atoms. The topological polar surface area (TPSA) is 33.1 Å². The second-order valence-corrected chi connectivity index (χ2v) is 4.76. The van der Waals surface area contributed by atoms with E-state index >= 15 is 0 Å². The summed E-state index contributed by atoms with van der Waals surface area (Å²) in [4.78, 5) is 4.33. The third-order valence-electron chi connectivity index (χ3n) is 3.38. The summed E-state index contributed by atoms with van der Waals surface area (Å²) in [5, 5.41) is 10.6. The van der Waals surface area contributed by atoms with Crippen LogP contribution in [-0.4, -0.2) is 10.1 Å². The Balaban J connectivity index is 2.05. The van der Waals surface area contributed by atoms with Crippen LogP contribution in [0.15, 0.2) is 72.9 Å². The highest BCUT2D eigenvalue weighted by Crippen LogP contribution is 2.30. The minimum absolute atomic E-state index is 0.316. The molecule has 0 radical (unpaired) electrons. The Morgan fingerprint density at radius 1 is 0.857 bits per heavy atom. The Morgan fingerprint density at radius 2 is 1.57 bits per heavy atom. The highest BCUT2D eigenvalue weighted by Gasteiger charge is 2.15. The van der Waals surface area contributed by atoms with E-state index in [0.717, 1.165) is 16.8 Å². The molecule has 0 spiro atoms. The first-order valence-electron chi connectivity index (χ1n) is 6.69. The molecule has 3 heteroatoms. The Morgan fingerprint density at radius 3 is 2.29 bits per heavy atom. The number of hydrogen-bond acceptors (Lipinski definition) is 2. The van der Waals surface area contributed by atoms with Crippen LogP contribution in [0.25, 0.3) is 11.3 Å². The van der Waals surface area contributed by atoms with Crippen LogP contribution < -0.4 is 0 Å². The van der Waals surface area contributed by atoms with Crippen molar-refractivity contribution >= 4 is 0 Å². The Kier molecular flexibility index (Phi) is 3.75. The first-order valence-corrected chi connectivity index (χ1v) is 6.69. The van der Waals surface area contributed by atoms with Gasteiger partial charge >= 0.3 is 0 Å². The lowest BCUT2D eigenvalue weighted by atomic mass is 9.95. The van der Waals surface area contributed by atoms with Gasteiger partial charge in [0, 0.05) is 11.8 Å². The van der Waals surface area contributed by atoms with Gasteiger partial charge in [-0.25, -0.2) is 4.39 Å². The zero-order chi connectivity index (χ0) is 14.7. The van der Waals surface area contributed by atoms with Gasteiger partial charge in [-0.15, -0.1) is 0 Å². The number of aromatic nitrogens is 1. The van der Waals surface area contributed by atoms with Gasteiger partial charge in [-0.2, -0.15) is 0 Å². The molecule has 0 amide bonds. The van der Waals surface area contributed by atoms with E-state index in [1.54, 1.807) is 18.3 Å². The molecule has 1 N–H and O–H groups in total. The van der Waals surface area contributed by atoms with E-state index in [2.05, 4.69) is 4.98 Å². The molecule has 2 aromatic carbocycles. The van der Waals surface area contributed by atoms with Crippen LogP contribution in [0.5, 0.6) is 0 Å². The Labute approximate surface area is 122 Å². The molecule has 2 nitrogen and oxygen atoms in total. The normalized spacial score (nSPS) is 12.1. The molecule has 0 aliphatic carbocycles. The fourth-order valence-electron chi connectivity index (χ4n) is 2.32. The van der Waals surface area contributed by atoms with Crippen molar-refractivity contribution in [2.75, 3.05) is 0 Å². The molecule has 0 aliphatic rings. The van der Waals surface area contributed by atoms with E-state index in [0.29, 0.717) is 5.56 Å². The number of rotatable bonds is 3. The van der Waals surface area contributed by atoms with Crippen molar-refractivity contribution in [1.82, 2.24) is 4.98 Å². The van der Waals surface area contributed by atoms with Crippen LogP contribution in [0, 0.1) is 5.82 Å². The molecule has 0 fully saturated rings. The molecule has 0 aliphatic heterocycles. The summed E-state index contributed by atoms with van der Waals surface area (Å²) in [5.41, 5.74) is 3.08. The van der Waals surface area contributed by atoms with Gasteiger partial charge in [0.25, 0.3) is 0 Å². The summed E-state index contributed by atoms with van der Waals surface area (Å²) < 4.78 is 13.0. The average molecular weight is 279 g/mol. The highest BCUT2D eigenvalue weighted by molar-refractivity contribution is 5.64.